The Morgan fingerprint density at radius 2 is 2.33 bits per heavy atom. The summed E-state index contributed by atoms with van der Waals surface area (Å²) < 4.78 is 0. The fraction of sp³-hybridized carbons (Fsp3) is 0.583. The SMILES string of the molecule is CC(C)c1cc2c(s1)C(C(=O)O)CCC2. The van der Waals surface area contributed by atoms with Crippen LogP contribution in [-0.4, -0.2) is 11.1 Å². The lowest BCUT2D eigenvalue weighted by molar-refractivity contribution is -0.139. The van der Waals surface area contributed by atoms with Gasteiger partial charge in [-0.3, -0.25) is 4.79 Å². The Hall–Kier alpha value is -0.830. The maximum Gasteiger partial charge on any atom is 0.311 e. The van der Waals surface area contributed by atoms with Gasteiger partial charge < -0.3 is 5.11 Å². The van der Waals surface area contributed by atoms with E-state index >= 15 is 0 Å². The third-order valence-corrected chi connectivity index (χ3v) is 4.57. The van der Waals surface area contributed by atoms with Gasteiger partial charge >= 0.3 is 5.97 Å². The molecule has 0 bridgehead atoms. The fourth-order valence-electron chi connectivity index (χ4n) is 2.10. The van der Waals surface area contributed by atoms with Crippen LogP contribution in [0.4, 0.5) is 0 Å². The standard InChI is InChI=1S/C12H16O2S/c1-7(2)10-6-8-4-3-5-9(12(13)14)11(8)15-10/h6-7,9H,3-5H2,1-2H3,(H,13,14). The fourth-order valence-corrected chi connectivity index (χ4v) is 3.45. The van der Waals surface area contributed by atoms with E-state index in [4.69, 9.17) is 5.11 Å². The van der Waals surface area contributed by atoms with Crippen molar-refractivity contribution in [2.45, 2.75) is 44.9 Å². The molecule has 15 heavy (non-hydrogen) atoms. The van der Waals surface area contributed by atoms with Crippen LogP contribution in [0.15, 0.2) is 6.07 Å². The summed E-state index contributed by atoms with van der Waals surface area (Å²) in [4.78, 5) is 13.5. The summed E-state index contributed by atoms with van der Waals surface area (Å²) in [5.41, 5.74) is 1.28. The Morgan fingerprint density at radius 3 is 2.93 bits per heavy atom. The third-order valence-electron chi connectivity index (χ3n) is 2.98. The summed E-state index contributed by atoms with van der Waals surface area (Å²) in [6.45, 7) is 4.32. The molecule has 1 unspecified atom stereocenters. The number of aliphatic carboxylic acids is 1. The van der Waals surface area contributed by atoms with E-state index < -0.39 is 5.97 Å². The zero-order valence-electron chi connectivity index (χ0n) is 9.12. The van der Waals surface area contributed by atoms with Gasteiger partial charge in [-0.2, -0.15) is 0 Å². The minimum atomic E-state index is -0.659. The number of fused-ring (bicyclic) bond motifs is 1. The molecule has 0 aromatic carbocycles. The second-order valence-corrected chi connectivity index (χ2v) is 5.59. The normalized spacial score (nSPS) is 20.3. The Balaban J connectivity index is 2.38. The predicted molar refractivity (Wildman–Crippen MR) is 61.7 cm³/mol. The van der Waals surface area contributed by atoms with Gasteiger partial charge in [-0.25, -0.2) is 0 Å². The monoisotopic (exact) mass is 224 g/mol. The molecule has 0 fully saturated rings. The number of thiophene rings is 1. The van der Waals surface area contributed by atoms with Crippen LogP contribution in [0.25, 0.3) is 0 Å². The van der Waals surface area contributed by atoms with Crippen molar-refractivity contribution in [1.82, 2.24) is 0 Å². The molecule has 1 atom stereocenters. The first-order valence-electron chi connectivity index (χ1n) is 5.45. The quantitative estimate of drug-likeness (QED) is 0.836. The summed E-state index contributed by atoms with van der Waals surface area (Å²) in [6.07, 6.45) is 2.88. The van der Waals surface area contributed by atoms with Gasteiger partial charge in [0, 0.05) is 9.75 Å². The van der Waals surface area contributed by atoms with Crippen LogP contribution >= 0.6 is 11.3 Å². The average Bonchev–Trinajstić information content (AvgIpc) is 2.60. The Kier molecular flexibility index (Phi) is 2.83. The van der Waals surface area contributed by atoms with E-state index in [1.165, 1.54) is 10.4 Å². The van der Waals surface area contributed by atoms with E-state index in [2.05, 4.69) is 19.9 Å². The summed E-state index contributed by atoms with van der Waals surface area (Å²) >= 11 is 1.70. The molecule has 3 heteroatoms. The lowest BCUT2D eigenvalue weighted by Crippen LogP contribution is -2.15. The number of carbonyl (C=O) groups is 1. The highest BCUT2D eigenvalue weighted by molar-refractivity contribution is 7.12. The van der Waals surface area contributed by atoms with E-state index in [-0.39, 0.29) is 5.92 Å². The molecule has 2 rings (SSSR count). The molecule has 0 spiro atoms. The molecular formula is C12H16O2S. The summed E-state index contributed by atoms with van der Waals surface area (Å²) in [5.74, 6) is -0.394. The van der Waals surface area contributed by atoms with Gasteiger partial charge in [0.05, 0.1) is 5.92 Å². The first kappa shape index (κ1) is 10.7. The highest BCUT2D eigenvalue weighted by Gasteiger charge is 2.28. The van der Waals surface area contributed by atoms with Crippen LogP contribution in [0.5, 0.6) is 0 Å². The molecular weight excluding hydrogens is 208 g/mol. The van der Waals surface area contributed by atoms with Gasteiger partial charge in [0.2, 0.25) is 0 Å². The van der Waals surface area contributed by atoms with Crippen LogP contribution in [0, 0.1) is 0 Å². The van der Waals surface area contributed by atoms with Crippen LogP contribution in [0.2, 0.25) is 0 Å². The number of carboxylic acid groups (broad SMARTS) is 1. The minimum Gasteiger partial charge on any atom is -0.481 e. The lowest BCUT2D eigenvalue weighted by atomic mass is 9.89. The molecule has 0 radical (unpaired) electrons. The average molecular weight is 224 g/mol. The number of hydrogen-bond donors (Lipinski definition) is 1. The second-order valence-electron chi connectivity index (χ2n) is 4.48. The van der Waals surface area contributed by atoms with Crippen LogP contribution in [-0.2, 0) is 11.2 Å². The lowest BCUT2D eigenvalue weighted by Gasteiger charge is -2.17. The van der Waals surface area contributed by atoms with E-state index in [0.717, 1.165) is 24.1 Å². The summed E-state index contributed by atoms with van der Waals surface area (Å²) in [5, 5.41) is 9.14. The minimum absolute atomic E-state index is 0.244. The van der Waals surface area contributed by atoms with Crippen molar-refractivity contribution in [3.05, 3.63) is 21.4 Å². The molecule has 1 aromatic rings. The van der Waals surface area contributed by atoms with Gasteiger partial charge in [0.1, 0.15) is 0 Å². The van der Waals surface area contributed by atoms with Crippen LogP contribution < -0.4 is 0 Å². The topological polar surface area (TPSA) is 37.3 Å². The highest BCUT2D eigenvalue weighted by atomic mass is 32.1. The van der Waals surface area contributed by atoms with Gasteiger partial charge in [0.15, 0.2) is 0 Å². The number of rotatable bonds is 2. The van der Waals surface area contributed by atoms with E-state index in [9.17, 15) is 4.79 Å². The zero-order valence-corrected chi connectivity index (χ0v) is 9.93. The Labute approximate surface area is 93.9 Å². The Morgan fingerprint density at radius 1 is 1.60 bits per heavy atom. The molecule has 2 nitrogen and oxygen atoms in total. The van der Waals surface area contributed by atoms with Crippen molar-refractivity contribution in [3.63, 3.8) is 0 Å². The Bertz CT molecular complexity index is 379. The predicted octanol–water partition coefficient (Wildman–Crippen LogP) is 3.38. The zero-order chi connectivity index (χ0) is 11.0. The molecule has 0 amide bonds. The molecule has 1 aliphatic rings. The highest BCUT2D eigenvalue weighted by Crippen LogP contribution is 2.39. The summed E-state index contributed by atoms with van der Waals surface area (Å²) in [6, 6.07) is 2.21. The number of aryl methyl sites for hydroxylation is 1. The largest absolute Gasteiger partial charge is 0.481 e. The molecule has 1 N–H and O–H groups in total. The van der Waals surface area contributed by atoms with E-state index in [1.54, 1.807) is 11.3 Å². The van der Waals surface area contributed by atoms with Crippen LogP contribution in [0.1, 0.15) is 53.8 Å². The van der Waals surface area contributed by atoms with Gasteiger partial charge in [-0.1, -0.05) is 13.8 Å². The molecule has 1 heterocycles. The molecule has 1 aromatic heterocycles. The maximum absolute atomic E-state index is 11.1. The molecule has 82 valence electrons. The molecule has 0 saturated carbocycles. The first-order valence-corrected chi connectivity index (χ1v) is 6.26. The van der Waals surface area contributed by atoms with Crippen molar-refractivity contribution in [3.8, 4) is 0 Å². The third kappa shape index (κ3) is 1.93. The molecule has 0 saturated heterocycles. The number of carboxylic acids is 1. The van der Waals surface area contributed by atoms with Crippen molar-refractivity contribution in [1.29, 1.82) is 0 Å². The van der Waals surface area contributed by atoms with Gasteiger partial charge in [-0.15, -0.1) is 11.3 Å². The van der Waals surface area contributed by atoms with Crippen molar-refractivity contribution >= 4 is 17.3 Å². The van der Waals surface area contributed by atoms with Crippen molar-refractivity contribution in [2.75, 3.05) is 0 Å². The number of hydrogen-bond acceptors (Lipinski definition) is 2. The second kappa shape index (κ2) is 3.97. The first-order chi connectivity index (χ1) is 7.09. The van der Waals surface area contributed by atoms with Gasteiger partial charge in [0.25, 0.3) is 0 Å². The molecule has 1 aliphatic carbocycles. The van der Waals surface area contributed by atoms with Crippen molar-refractivity contribution in [2.24, 2.45) is 0 Å². The van der Waals surface area contributed by atoms with E-state index in [0.29, 0.717) is 5.92 Å². The van der Waals surface area contributed by atoms with E-state index in [1.807, 2.05) is 0 Å². The maximum atomic E-state index is 11.1. The smallest absolute Gasteiger partial charge is 0.311 e. The van der Waals surface area contributed by atoms with Gasteiger partial charge in [-0.05, 0) is 36.8 Å². The summed E-state index contributed by atoms with van der Waals surface area (Å²) in [7, 11) is 0. The van der Waals surface area contributed by atoms with Crippen LogP contribution in [0.3, 0.4) is 0 Å². The van der Waals surface area contributed by atoms with Crippen molar-refractivity contribution < 1.29 is 9.90 Å². The molecule has 0 aliphatic heterocycles.